The summed E-state index contributed by atoms with van der Waals surface area (Å²) < 4.78 is 0. The minimum Gasteiger partial charge on any atom is -0.315 e. The van der Waals surface area contributed by atoms with Crippen molar-refractivity contribution in [2.45, 2.75) is 44.8 Å². The van der Waals surface area contributed by atoms with Crippen molar-refractivity contribution in [3.05, 3.63) is 35.4 Å². The standard InChI is InChI=1S/C16H24N2/c1-17-16(13-6-2-3-7-13)12-18-10-14-8-4-5-9-15(14)11-18/h4-5,8-9,13,16-17H,2-3,6-7,10-12H2,1H3. The summed E-state index contributed by atoms with van der Waals surface area (Å²) in [6, 6.07) is 9.56. The van der Waals surface area contributed by atoms with Crippen molar-refractivity contribution in [3.8, 4) is 0 Å². The van der Waals surface area contributed by atoms with Crippen LogP contribution in [0.5, 0.6) is 0 Å². The zero-order chi connectivity index (χ0) is 12.4. The van der Waals surface area contributed by atoms with Gasteiger partial charge in [0, 0.05) is 25.7 Å². The number of hydrogen-bond acceptors (Lipinski definition) is 2. The van der Waals surface area contributed by atoms with Gasteiger partial charge < -0.3 is 5.32 Å². The van der Waals surface area contributed by atoms with E-state index in [1.54, 1.807) is 0 Å². The minimum atomic E-state index is 0.682. The first kappa shape index (κ1) is 12.2. The second-order valence-corrected chi connectivity index (χ2v) is 5.88. The average Bonchev–Trinajstić information content (AvgIpc) is 3.04. The Morgan fingerprint density at radius 2 is 1.78 bits per heavy atom. The third-order valence-corrected chi connectivity index (χ3v) is 4.70. The molecule has 1 aromatic rings. The maximum absolute atomic E-state index is 3.56. The first-order chi connectivity index (χ1) is 8.86. The fraction of sp³-hybridized carbons (Fsp3) is 0.625. The highest BCUT2D eigenvalue weighted by atomic mass is 15.2. The highest BCUT2D eigenvalue weighted by Gasteiger charge is 2.27. The summed E-state index contributed by atoms with van der Waals surface area (Å²) in [6.45, 7) is 3.48. The van der Waals surface area contributed by atoms with E-state index in [1.165, 1.54) is 43.4 Å². The monoisotopic (exact) mass is 244 g/mol. The highest BCUT2D eigenvalue weighted by Crippen LogP contribution is 2.29. The Morgan fingerprint density at radius 3 is 2.33 bits per heavy atom. The van der Waals surface area contributed by atoms with Crippen LogP contribution in [0.4, 0.5) is 0 Å². The van der Waals surface area contributed by atoms with E-state index in [0.29, 0.717) is 6.04 Å². The van der Waals surface area contributed by atoms with E-state index < -0.39 is 0 Å². The van der Waals surface area contributed by atoms with Gasteiger partial charge in [-0.1, -0.05) is 37.1 Å². The topological polar surface area (TPSA) is 15.3 Å². The molecule has 0 radical (unpaired) electrons. The first-order valence-corrected chi connectivity index (χ1v) is 7.33. The minimum absolute atomic E-state index is 0.682. The van der Waals surface area contributed by atoms with Crippen molar-refractivity contribution in [2.24, 2.45) is 5.92 Å². The summed E-state index contributed by atoms with van der Waals surface area (Å²) in [5.74, 6) is 0.902. The number of benzene rings is 1. The van der Waals surface area contributed by atoms with Gasteiger partial charge >= 0.3 is 0 Å². The predicted molar refractivity (Wildman–Crippen MR) is 75.4 cm³/mol. The summed E-state index contributed by atoms with van der Waals surface area (Å²) in [5.41, 5.74) is 3.05. The molecule has 18 heavy (non-hydrogen) atoms. The zero-order valence-electron chi connectivity index (χ0n) is 11.4. The molecule has 1 aliphatic heterocycles. The predicted octanol–water partition coefficient (Wildman–Crippen LogP) is 2.78. The second kappa shape index (κ2) is 5.41. The molecular weight excluding hydrogens is 220 g/mol. The van der Waals surface area contributed by atoms with E-state index in [1.807, 2.05) is 0 Å². The van der Waals surface area contributed by atoms with E-state index in [0.717, 1.165) is 19.0 Å². The lowest BCUT2D eigenvalue weighted by atomic mass is 9.98. The van der Waals surface area contributed by atoms with Crippen molar-refractivity contribution < 1.29 is 0 Å². The van der Waals surface area contributed by atoms with Crippen LogP contribution in [0.15, 0.2) is 24.3 Å². The van der Waals surface area contributed by atoms with Crippen LogP contribution in [0.3, 0.4) is 0 Å². The quantitative estimate of drug-likeness (QED) is 0.876. The average molecular weight is 244 g/mol. The third-order valence-electron chi connectivity index (χ3n) is 4.70. The van der Waals surface area contributed by atoms with Crippen LogP contribution in [0.1, 0.15) is 36.8 Å². The summed E-state index contributed by atoms with van der Waals surface area (Å²) in [4.78, 5) is 2.60. The lowest BCUT2D eigenvalue weighted by molar-refractivity contribution is 0.217. The molecule has 3 rings (SSSR count). The van der Waals surface area contributed by atoms with Gasteiger partial charge in [0.25, 0.3) is 0 Å². The zero-order valence-corrected chi connectivity index (χ0v) is 11.4. The number of nitrogens with zero attached hydrogens (tertiary/aromatic N) is 1. The van der Waals surface area contributed by atoms with Crippen LogP contribution in [0.2, 0.25) is 0 Å². The van der Waals surface area contributed by atoms with Crippen LogP contribution in [0.25, 0.3) is 0 Å². The van der Waals surface area contributed by atoms with Gasteiger partial charge in [0.15, 0.2) is 0 Å². The highest BCUT2D eigenvalue weighted by molar-refractivity contribution is 5.30. The van der Waals surface area contributed by atoms with Gasteiger partial charge in [0.2, 0.25) is 0 Å². The fourth-order valence-electron chi connectivity index (χ4n) is 3.65. The maximum atomic E-state index is 3.56. The maximum Gasteiger partial charge on any atom is 0.0241 e. The number of nitrogens with one attached hydrogen (secondary N) is 1. The van der Waals surface area contributed by atoms with Crippen LogP contribution in [0, 0.1) is 5.92 Å². The molecule has 98 valence electrons. The van der Waals surface area contributed by atoms with Crippen molar-refractivity contribution >= 4 is 0 Å². The molecule has 1 fully saturated rings. The summed E-state index contributed by atoms with van der Waals surface area (Å²) in [5, 5.41) is 3.56. The normalized spacial score (nSPS) is 22.3. The van der Waals surface area contributed by atoms with Crippen molar-refractivity contribution in [3.63, 3.8) is 0 Å². The molecule has 1 aliphatic carbocycles. The third kappa shape index (κ3) is 2.45. The molecule has 2 heteroatoms. The number of fused-ring (bicyclic) bond motifs is 1. The van der Waals surface area contributed by atoms with E-state index in [-0.39, 0.29) is 0 Å². The largest absolute Gasteiger partial charge is 0.315 e. The molecule has 1 atom stereocenters. The van der Waals surface area contributed by atoms with Gasteiger partial charge in [0.1, 0.15) is 0 Å². The molecule has 2 nitrogen and oxygen atoms in total. The Hall–Kier alpha value is -0.860. The Labute approximate surface area is 110 Å². The van der Waals surface area contributed by atoms with Crippen LogP contribution in [-0.2, 0) is 13.1 Å². The molecule has 1 N–H and O–H groups in total. The Kier molecular flexibility index (Phi) is 3.67. The molecule has 2 aliphatic rings. The molecule has 1 aromatic carbocycles. The Balaban J connectivity index is 1.60. The Morgan fingerprint density at radius 1 is 1.17 bits per heavy atom. The molecule has 1 unspecified atom stereocenters. The molecule has 0 saturated heterocycles. The van der Waals surface area contributed by atoms with Gasteiger partial charge in [0.05, 0.1) is 0 Å². The lowest BCUT2D eigenvalue weighted by Gasteiger charge is -2.27. The summed E-state index contributed by atoms with van der Waals surface area (Å²) in [7, 11) is 2.13. The lowest BCUT2D eigenvalue weighted by Crippen LogP contribution is -2.41. The summed E-state index contributed by atoms with van der Waals surface area (Å²) in [6.07, 6.45) is 5.71. The van der Waals surface area contributed by atoms with Gasteiger partial charge in [-0.05, 0) is 36.9 Å². The molecular formula is C16H24N2. The summed E-state index contributed by atoms with van der Waals surface area (Å²) >= 11 is 0. The smallest absolute Gasteiger partial charge is 0.0241 e. The number of hydrogen-bond donors (Lipinski definition) is 1. The first-order valence-electron chi connectivity index (χ1n) is 7.33. The fourth-order valence-corrected chi connectivity index (χ4v) is 3.65. The molecule has 0 aromatic heterocycles. The van der Waals surface area contributed by atoms with Crippen LogP contribution in [-0.4, -0.2) is 24.5 Å². The van der Waals surface area contributed by atoms with Crippen molar-refractivity contribution in [2.75, 3.05) is 13.6 Å². The molecule has 0 spiro atoms. The van der Waals surface area contributed by atoms with Gasteiger partial charge in [-0.3, -0.25) is 4.90 Å². The van der Waals surface area contributed by atoms with E-state index in [9.17, 15) is 0 Å². The van der Waals surface area contributed by atoms with Gasteiger partial charge in [-0.25, -0.2) is 0 Å². The molecule has 0 amide bonds. The van der Waals surface area contributed by atoms with Crippen LogP contribution >= 0.6 is 0 Å². The SMILES string of the molecule is CNC(CN1Cc2ccccc2C1)C1CCCC1. The van der Waals surface area contributed by atoms with Crippen molar-refractivity contribution in [1.82, 2.24) is 10.2 Å². The van der Waals surface area contributed by atoms with Gasteiger partial charge in [-0.2, -0.15) is 0 Å². The second-order valence-electron chi connectivity index (χ2n) is 5.88. The molecule has 1 heterocycles. The number of likely N-dealkylation sites (N-methyl/N-ethyl adjacent to an activating group) is 1. The molecule has 0 bridgehead atoms. The van der Waals surface area contributed by atoms with E-state index in [2.05, 4.69) is 41.5 Å². The van der Waals surface area contributed by atoms with Gasteiger partial charge in [-0.15, -0.1) is 0 Å². The Bertz CT molecular complexity index is 371. The van der Waals surface area contributed by atoms with Crippen LogP contribution < -0.4 is 5.32 Å². The van der Waals surface area contributed by atoms with E-state index >= 15 is 0 Å². The van der Waals surface area contributed by atoms with Crippen molar-refractivity contribution in [1.29, 1.82) is 0 Å². The number of rotatable bonds is 4. The molecule has 1 saturated carbocycles. The van der Waals surface area contributed by atoms with E-state index in [4.69, 9.17) is 0 Å².